The van der Waals surface area contributed by atoms with Crippen LogP contribution in [0, 0.1) is 0 Å². The van der Waals surface area contributed by atoms with Crippen molar-refractivity contribution in [3.8, 4) is 0 Å². The third kappa shape index (κ3) is 7.17. The molecule has 0 aliphatic carbocycles. The number of piperazine rings is 1. The number of rotatable bonds is 7. The van der Waals surface area contributed by atoms with Crippen LogP contribution in [0.25, 0.3) is 0 Å². The molecular formula is C24H37IN8. The molecule has 0 bridgehead atoms. The van der Waals surface area contributed by atoms with Gasteiger partial charge in [0.1, 0.15) is 0 Å². The van der Waals surface area contributed by atoms with E-state index in [0.717, 1.165) is 51.2 Å². The van der Waals surface area contributed by atoms with Gasteiger partial charge in [-0.05, 0) is 43.5 Å². The molecule has 9 heteroatoms. The smallest absolute Gasteiger partial charge is 0.225 e. The summed E-state index contributed by atoms with van der Waals surface area (Å²) in [5.74, 6) is 1.68. The molecule has 8 nitrogen and oxygen atoms in total. The summed E-state index contributed by atoms with van der Waals surface area (Å²) >= 11 is 0. The van der Waals surface area contributed by atoms with Gasteiger partial charge in [0.05, 0.1) is 6.04 Å². The van der Waals surface area contributed by atoms with Crippen LogP contribution in [-0.4, -0.2) is 80.2 Å². The number of aliphatic imine (C=N–C) groups is 1. The zero-order chi connectivity index (χ0) is 22.2. The maximum atomic E-state index is 4.43. The number of guanidine groups is 1. The van der Waals surface area contributed by atoms with Crippen molar-refractivity contribution in [3.63, 3.8) is 0 Å². The van der Waals surface area contributed by atoms with Gasteiger partial charge in [0.15, 0.2) is 5.96 Å². The largest absolute Gasteiger partial charge is 0.372 e. The Bertz CT molecular complexity index is 864. The molecule has 0 saturated carbocycles. The molecule has 4 rings (SSSR count). The zero-order valence-electron chi connectivity index (χ0n) is 19.8. The first-order valence-corrected chi connectivity index (χ1v) is 11.8. The third-order valence-corrected chi connectivity index (χ3v) is 6.35. The minimum Gasteiger partial charge on any atom is -0.372 e. The molecule has 1 atom stereocenters. The molecule has 3 heterocycles. The highest BCUT2D eigenvalue weighted by molar-refractivity contribution is 14.0. The molecular weight excluding hydrogens is 527 g/mol. The number of hydrogen-bond acceptors (Lipinski definition) is 6. The van der Waals surface area contributed by atoms with Gasteiger partial charge in [-0.1, -0.05) is 12.1 Å². The number of nitrogens with one attached hydrogen (secondary N) is 2. The monoisotopic (exact) mass is 564 g/mol. The fourth-order valence-electron chi connectivity index (χ4n) is 4.41. The Kier molecular flexibility index (Phi) is 9.98. The number of hydrogen-bond donors (Lipinski definition) is 2. The van der Waals surface area contributed by atoms with Gasteiger partial charge in [0.25, 0.3) is 0 Å². The van der Waals surface area contributed by atoms with Crippen LogP contribution in [0.3, 0.4) is 0 Å². The first-order chi connectivity index (χ1) is 15.7. The average Bonchev–Trinajstić information content (AvgIpc) is 3.39. The van der Waals surface area contributed by atoms with Crippen LogP contribution < -0.4 is 20.4 Å². The topological polar surface area (TPSA) is 71.9 Å². The first kappa shape index (κ1) is 25.5. The maximum Gasteiger partial charge on any atom is 0.225 e. The molecule has 2 N–H and O–H groups in total. The molecule has 1 aromatic carbocycles. The van der Waals surface area contributed by atoms with Gasteiger partial charge < -0.3 is 20.4 Å². The van der Waals surface area contributed by atoms with Crippen molar-refractivity contribution < 1.29 is 0 Å². The van der Waals surface area contributed by atoms with Gasteiger partial charge in [-0.2, -0.15) is 0 Å². The lowest BCUT2D eigenvalue weighted by atomic mass is 10.1. The van der Waals surface area contributed by atoms with E-state index in [0.29, 0.717) is 0 Å². The summed E-state index contributed by atoms with van der Waals surface area (Å²) in [5.41, 5.74) is 2.62. The van der Waals surface area contributed by atoms with Crippen molar-refractivity contribution in [2.24, 2.45) is 4.99 Å². The van der Waals surface area contributed by atoms with E-state index in [1.807, 2.05) is 13.1 Å². The second-order valence-electron chi connectivity index (χ2n) is 8.53. The molecule has 180 valence electrons. The summed E-state index contributed by atoms with van der Waals surface area (Å²) in [6, 6.07) is 10.9. The summed E-state index contributed by atoms with van der Waals surface area (Å²) in [7, 11) is 1.83. The van der Waals surface area contributed by atoms with Crippen LogP contribution in [0.5, 0.6) is 0 Å². The number of anilines is 2. The van der Waals surface area contributed by atoms with E-state index in [1.165, 1.54) is 37.2 Å². The molecule has 2 fully saturated rings. The maximum absolute atomic E-state index is 4.43. The highest BCUT2D eigenvalue weighted by Crippen LogP contribution is 2.23. The molecule has 33 heavy (non-hydrogen) atoms. The number of halogens is 1. The van der Waals surface area contributed by atoms with Gasteiger partial charge in [-0.25, -0.2) is 9.97 Å². The molecule has 1 unspecified atom stereocenters. The van der Waals surface area contributed by atoms with Crippen molar-refractivity contribution in [1.82, 2.24) is 25.5 Å². The lowest BCUT2D eigenvalue weighted by molar-refractivity contribution is 0.260. The Morgan fingerprint density at radius 3 is 2.42 bits per heavy atom. The highest BCUT2D eigenvalue weighted by Gasteiger charge is 2.19. The van der Waals surface area contributed by atoms with Gasteiger partial charge >= 0.3 is 0 Å². The minimum atomic E-state index is 0. The quantitative estimate of drug-likeness (QED) is 0.305. The van der Waals surface area contributed by atoms with E-state index >= 15 is 0 Å². The van der Waals surface area contributed by atoms with Crippen LogP contribution in [0.1, 0.15) is 31.4 Å². The summed E-state index contributed by atoms with van der Waals surface area (Å²) in [6.07, 6.45) is 6.20. The molecule has 0 radical (unpaired) electrons. The van der Waals surface area contributed by atoms with Gasteiger partial charge in [-0.3, -0.25) is 9.89 Å². The van der Waals surface area contributed by atoms with E-state index in [9.17, 15) is 0 Å². The van der Waals surface area contributed by atoms with E-state index < -0.39 is 0 Å². The normalized spacial score (nSPS) is 18.1. The van der Waals surface area contributed by atoms with Crippen LogP contribution >= 0.6 is 24.0 Å². The Balaban J connectivity index is 0.00000306. The Morgan fingerprint density at radius 1 is 1.00 bits per heavy atom. The Hall–Kier alpha value is -2.14. The van der Waals surface area contributed by atoms with Gasteiger partial charge in [0, 0.05) is 77.5 Å². The Labute approximate surface area is 214 Å². The van der Waals surface area contributed by atoms with Crippen molar-refractivity contribution in [1.29, 1.82) is 0 Å². The Morgan fingerprint density at radius 2 is 1.73 bits per heavy atom. The predicted molar refractivity (Wildman–Crippen MR) is 147 cm³/mol. The fourth-order valence-corrected chi connectivity index (χ4v) is 4.41. The SMILES string of the molecule is CN=C(NCCN1CCN(c2ncccn2)CC1)NC(C)c1cccc(N2CCCC2)c1.I. The lowest BCUT2D eigenvalue weighted by Gasteiger charge is -2.34. The third-order valence-electron chi connectivity index (χ3n) is 6.35. The number of benzene rings is 1. The van der Waals surface area contributed by atoms with Crippen LogP contribution in [0.2, 0.25) is 0 Å². The molecule has 2 aromatic rings. The molecule has 0 spiro atoms. The fraction of sp³-hybridized carbons (Fsp3) is 0.542. The highest BCUT2D eigenvalue weighted by atomic mass is 127. The standard InChI is InChI=1S/C24H36N8.HI/c1-20(21-7-5-8-22(19-21)31-12-3-4-13-31)29-23(25-2)26-11-14-30-15-17-32(18-16-30)24-27-9-6-10-28-24;/h5-10,19-20H,3-4,11-18H2,1-2H3,(H2,25,26,29);1H. The molecule has 2 aliphatic heterocycles. The van der Waals surface area contributed by atoms with Crippen molar-refractivity contribution in [3.05, 3.63) is 48.3 Å². The number of aromatic nitrogens is 2. The average molecular weight is 565 g/mol. The second-order valence-corrected chi connectivity index (χ2v) is 8.53. The molecule has 1 aromatic heterocycles. The van der Waals surface area contributed by atoms with Crippen LogP contribution in [0.4, 0.5) is 11.6 Å². The summed E-state index contributed by atoms with van der Waals surface area (Å²) in [4.78, 5) is 20.4. The van der Waals surface area contributed by atoms with Crippen molar-refractivity contribution in [2.75, 3.05) is 69.2 Å². The summed E-state index contributed by atoms with van der Waals surface area (Å²) in [5, 5.41) is 7.02. The molecule has 2 saturated heterocycles. The van der Waals surface area contributed by atoms with Crippen LogP contribution in [0.15, 0.2) is 47.7 Å². The van der Waals surface area contributed by atoms with E-state index in [4.69, 9.17) is 0 Å². The van der Waals surface area contributed by atoms with Gasteiger partial charge in [-0.15, -0.1) is 24.0 Å². The van der Waals surface area contributed by atoms with Crippen molar-refractivity contribution >= 4 is 41.6 Å². The van der Waals surface area contributed by atoms with E-state index in [2.05, 4.69) is 71.5 Å². The summed E-state index contributed by atoms with van der Waals surface area (Å²) < 4.78 is 0. The van der Waals surface area contributed by atoms with E-state index in [-0.39, 0.29) is 30.0 Å². The lowest BCUT2D eigenvalue weighted by Crippen LogP contribution is -2.49. The van der Waals surface area contributed by atoms with Gasteiger partial charge in [0.2, 0.25) is 5.95 Å². The van der Waals surface area contributed by atoms with Crippen molar-refractivity contribution in [2.45, 2.75) is 25.8 Å². The molecule has 0 amide bonds. The summed E-state index contributed by atoms with van der Waals surface area (Å²) in [6.45, 7) is 10.3. The van der Waals surface area contributed by atoms with E-state index in [1.54, 1.807) is 12.4 Å². The zero-order valence-corrected chi connectivity index (χ0v) is 22.1. The first-order valence-electron chi connectivity index (χ1n) is 11.8. The van der Waals surface area contributed by atoms with Crippen LogP contribution in [-0.2, 0) is 0 Å². The second kappa shape index (κ2) is 12.9. The molecule has 2 aliphatic rings. The minimum absolute atomic E-state index is 0. The predicted octanol–water partition coefficient (Wildman–Crippen LogP) is 2.74. The number of nitrogens with zero attached hydrogens (tertiary/aromatic N) is 6.